The van der Waals surface area contributed by atoms with Crippen molar-refractivity contribution in [1.82, 2.24) is 4.31 Å². The Balaban J connectivity index is 1.99. The van der Waals surface area contributed by atoms with E-state index in [-0.39, 0.29) is 11.5 Å². The average Bonchev–Trinajstić information content (AvgIpc) is 2.67. The quantitative estimate of drug-likeness (QED) is 0.509. The number of ether oxygens (including phenoxy) is 1. The lowest BCUT2D eigenvalue weighted by Crippen LogP contribution is -2.30. The Kier molecular flexibility index (Phi) is 7.27. The second-order valence-electron chi connectivity index (χ2n) is 5.69. The van der Waals surface area contributed by atoms with Crippen LogP contribution in [0.1, 0.15) is 25.0 Å². The predicted molar refractivity (Wildman–Crippen MR) is 102 cm³/mol. The number of sulfonamides is 1. The van der Waals surface area contributed by atoms with Gasteiger partial charge in [0.1, 0.15) is 12.4 Å². The van der Waals surface area contributed by atoms with E-state index in [1.807, 2.05) is 0 Å². The van der Waals surface area contributed by atoms with Crippen molar-refractivity contribution in [3.8, 4) is 0 Å². The van der Waals surface area contributed by atoms with E-state index in [1.165, 1.54) is 34.7 Å². The lowest BCUT2D eigenvalue weighted by molar-refractivity contribution is -0.138. The summed E-state index contributed by atoms with van der Waals surface area (Å²) in [5.41, 5.74) is 0.946. The summed E-state index contributed by atoms with van der Waals surface area (Å²) in [6.45, 7) is 4.20. The van der Waals surface area contributed by atoms with E-state index in [9.17, 15) is 17.6 Å². The third-order valence-electron chi connectivity index (χ3n) is 3.96. The molecule has 5 nitrogen and oxygen atoms in total. The van der Waals surface area contributed by atoms with E-state index in [2.05, 4.69) is 0 Å². The maximum absolute atomic E-state index is 13.5. The summed E-state index contributed by atoms with van der Waals surface area (Å²) < 4.78 is 44.7. The molecule has 7 heteroatoms. The summed E-state index contributed by atoms with van der Waals surface area (Å²) in [7, 11) is -3.51. The van der Waals surface area contributed by atoms with Crippen molar-refractivity contribution in [2.24, 2.45) is 0 Å². The van der Waals surface area contributed by atoms with E-state index in [4.69, 9.17) is 4.74 Å². The van der Waals surface area contributed by atoms with Crippen LogP contribution in [0.3, 0.4) is 0 Å². The molecule has 27 heavy (non-hydrogen) atoms. The summed E-state index contributed by atoms with van der Waals surface area (Å²) in [6.07, 6.45) is 2.73. The molecule has 0 spiro atoms. The van der Waals surface area contributed by atoms with Gasteiger partial charge in [0.15, 0.2) is 0 Å². The van der Waals surface area contributed by atoms with E-state index in [0.717, 1.165) is 0 Å². The van der Waals surface area contributed by atoms with E-state index in [1.54, 1.807) is 44.2 Å². The highest BCUT2D eigenvalue weighted by Crippen LogP contribution is 2.17. The first-order valence-electron chi connectivity index (χ1n) is 8.57. The van der Waals surface area contributed by atoms with Crippen LogP contribution >= 0.6 is 0 Å². The Labute approximate surface area is 159 Å². The molecule has 0 heterocycles. The molecule has 0 amide bonds. The first-order valence-corrected chi connectivity index (χ1v) is 10.0. The van der Waals surface area contributed by atoms with Gasteiger partial charge >= 0.3 is 5.97 Å². The average molecular weight is 391 g/mol. The highest BCUT2D eigenvalue weighted by Gasteiger charge is 2.20. The predicted octanol–water partition coefficient (Wildman–Crippen LogP) is 3.61. The smallest absolute Gasteiger partial charge is 0.331 e. The number of hydrogen-bond acceptors (Lipinski definition) is 4. The molecule has 0 saturated carbocycles. The standard InChI is InChI=1S/C20H22FNO4S/c1-3-22(4-2)27(24,25)18-12-9-16(10-13-18)11-14-20(23)26-15-17-7-5-6-8-19(17)21/h5-14H,3-4,15H2,1-2H3/b14-11+. The van der Waals surface area contributed by atoms with Gasteiger partial charge < -0.3 is 4.74 Å². The van der Waals surface area contributed by atoms with Crippen LogP contribution in [0.25, 0.3) is 6.08 Å². The monoisotopic (exact) mass is 391 g/mol. The molecule has 0 aliphatic rings. The largest absolute Gasteiger partial charge is 0.458 e. The molecule has 2 aromatic rings. The van der Waals surface area contributed by atoms with Crippen molar-refractivity contribution >= 4 is 22.1 Å². The molecule has 2 aromatic carbocycles. The van der Waals surface area contributed by atoms with E-state index >= 15 is 0 Å². The fourth-order valence-corrected chi connectivity index (χ4v) is 3.90. The van der Waals surface area contributed by atoms with Gasteiger partial charge in [0.25, 0.3) is 0 Å². The van der Waals surface area contributed by atoms with Crippen LogP contribution in [0.15, 0.2) is 59.5 Å². The molecule has 0 fully saturated rings. The van der Waals surface area contributed by atoms with Gasteiger partial charge in [-0.3, -0.25) is 0 Å². The summed E-state index contributed by atoms with van der Waals surface area (Å²) >= 11 is 0. The van der Waals surface area contributed by atoms with Crippen LogP contribution in [0.5, 0.6) is 0 Å². The van der Waals surface area contributed by atoms with Crippen molar-refractivity contribution in [2.75, 3.05) is 13.1 Å². The number of carbonyl (C=O) groups excluding carboxylic acids is 1. The van der Waals surface area contributed by atoms with Crippen LogP contribution in [0, 0.1) is 5.82 Å². The van der Waals surface area contributed by atoms with Gasteiger partial charge in [-0.25, -0.2) is 17.6 Å². The second-order valence-corrected chi connectivity index (χ2v) is 7.63. The number of halogens is 1. The molecule has 144 valence electrons. The maximum atomic E-state index is 13.5. The summed E-state index contributed by atoms with van der Waals surface area (Å²) in [5.74, 6) is -1.04. The van der Waals surface area contributed by atoms with Crippen LogP contribution < -0.4 is 0 Å². The van der Waals surface area contributed by atoms with Gasteiger partial charge in [0.05, 0.1) is 4.90 Å². The number of carbonyl (C=O) groups is 1. The maximum Gasteiger partial charge on any atom is 0.331 e. The van der Waals surface area contributed by atoms with Crippen molar-refractivity contribution in [1.29, 1.82) is 0 Å². The fourth-order valence-electron chi connectivity index (χ4n) is 2.44. The Bertz CT molecular complexity index is 904. The summed E-state index contributed by atoms with van der Waals surface area (Å²) in [6, 6.07) is 12.3. The summed E-state index contributed by atoms with van der Waals surface area (Å²) in [5, 5.41) is 0. The van der Waals surface area contributed by atoms with Gasteiger partial charge in [-0.2, -0.15) is 4.31 Å². The first kappa shape index (κ1) is 20.8. The highest BCUT2D eigenvalue weighted by molar-refractivity contribution is 7.89. The van der Waals surface area contributed by atoms with Crippen LogP contribution in [0.2, 0.25) is 0 Å². The molecular weight excluding hydrogens is 369 g/mol. The fraction of sp³-hybridized carbons (Fsp3) is 0.250. The third-order valence-corrected chi connectivity index (χ3v) is 6.03. The lowest BCUT2D eigenvalue weighted by atomic mass is 10.2. The Hall–Kier alpha value is -2.51. The zero-order valence-electron chi connectivity index (χ0n) is 15.3. The molecule has 0 aliphatic carbocycles. The zero-order chi connectivity index (χ0) is 19.9. The molecule has 0 aromatic heterocycles. The molecule has 0 aliphatic heterocycles. The second kappa shape index (κ2) is 9.43. The van der Waals surface area contributed by atoms with E-state index < -0.39 is 21.8 Å². The zero-order valence-corrected chi connectivity index (χ0v) is 16.1. The molecular formula is C20H22FNO4S. The van der Waals surface area contributed by atoms with Crippen LogP contribution in [0.4, 0.5) is 4.39 Å². The van der Waals surface area contributed by atoms with Crippen molar-refractivity contribution in [3.05, 3.63) is 71.6 Å². The van der Waals surface area contributed by atoms with Crippen molar-refractivity contribution in [2.45, 2.75) is 25.3 Å². The Morgan fingerprint density at radius 1 is 1.07 bits per heavy atom. The SMILES string of the molecule is CCN(CC)S(=O)(=O)c1ccc(/C=C/C(=O)OCc2ccccc2F)cc1. The minimum Gasteiger partial charge on any atom is -0.458 e. The molecule has 0 unspecified atom stereocenters. The summed E-state index contributed by atoms with van der Waals surface area (Å²) in [4.78, 5) is 12.0. The molecule has 0 saturated heterocycles. The van der Waals surface area contributed by atoms with Gasteiger partial charge in [0.2, 0.25) is 10.0 Å². The number of nitrogens with zero attached hydrogens (tertiary/aromatic N) is 1. The highest BCUT2D eigenvalue weighted by atomic mass is 32.2. The minimum atomic E-state index is -3.51. The van der Waals surface area contributed by atoms with Gasteiger partial charge in [-0.1, -0.05) is 44.2 Å². The topological polar surface area (TPSA) is 63.7 Å². The molecule has 0 bridgehead atoms. The number of hydrogen-bond donors (Lipinski definition) is 0. The molecule has 2 rings (SSSR count). The van der Waals surface area contributed by atoms with Gasteiger partial charge in [0, 0.05) is 24.7 Å². The number of esters is 1. The Morgan fingerprint density at radius 2 is 1.70 bits per heavy atom. The molecule has 0 atom stereocenters. The third kappa shape index (κ3) is 5.48. The molecule has 0 radical (unpaired) electrons. The number of benzene rings is 2. The van der Waals surface area contributed by atoms with E-state index in [0.29, 0.717) is 24.2 Å². The lowest BCUT2D eigenvalue weighted by Gasteiger charge is -2.18. The van der Waals surface area contributed by atoms with Crippen molar-refractivity contribution in [3.63, 3.8) is 0 Å². The normalized spacial score (nSPS) is 11.9. The van der Waals surface area contributed by atoms with Gasteiger partial charge in [-0.05, 0) is 29.8 Å². The minimum absolute atomic E-state index is 0.156. The van der Waals surface area contributed by atoms with Crippen molar-refractivity contribution < 1.29 is 22.3 Å². The van der Waals surface area contributed by atoms with Crippen LogP contribution in [-0.4, -0.2) is 31.8 Å². The van der Waals surface area contributed by atoms with Crippen LogP contribution in [-0.2, 0) is 26.2 Å². The van der Waals surface area contributed by atoms with Gasteiger partial charge in [-0.15, -0.1) is 0 Å². The molecule has 0 N–H and O–H groups in total. The first-order chi connectivity index (χ1) is 12.9. The Morgan fingerprint density at radius 3 is 2.30 bits per heavy atom. The number of rotatable bonds is 8.